The molecule has 1 aromatic heterocycles. The fourth-order valence-corrected chi connectivity index (χ4v) is 4.81. The van der Waals surface area contributed by atoms with E-state index in [0.717, 1.165) is 14.2 Å². The van der Waals surface area contributed by atoms with E-state index in [0.29, 0.717) is 10.6 Å². The molecule has 1 N–H and O–H groups in total. The minimum atomic E-state index is -3.13. The van der Waals surface area contributed by atoms with Gasteiger partial charge in [0, 0.05) is 24.5 Å². The second-order valence-corrected chi connectivity index (χ2v) is 9.26. The minimum absolute atomic E-state index is 0.0555. The summed E-state index contributed by atoms with van der Waals surface area (Å²) in [5.74, 6) is -4.21. The zero-order valence-corrected chi connectivity index (χ0v) is 20.4. The van der Waals surface area contributed by atoms with E-state index < -0.39 is 48.4 Å². The molecule has 0 radical (unpaired) electrons. The zero-order chi connectivity index (χ0) is 26.1. The predicted molar refractivity (Wildman–Crippen MR) is 123 cm³/mol. The second kappa shape index (κ2) is 9.90. The van der Waals surface area contributed by atoms with Crippen molar-refractivity contribution in [2.45, 2.75) is 30.8 Å². The third kappa shape index (κ3) is 5.07. The minimum Gasteiger partial charge on any atom is -0.468 e. The summed E-state index contributed by atoms with van der Waals surface area (Å²) in [6.07, 6.45) is -0.220. The highest BCUT2D eigenvalue weighted by Gasteiger charge is 2.50. The Hall–Kier alpha value is -3.45. The van der Waals surface area contributed by atoms with Gasteiger partial charge in [0.05, 0.1) is 26.5 Å². The third-order valence-corrected chi connectivity index (χ3v) is 6.70. The van der Waals surface area contributed by atoms with E-state index in [2.05, 4.69) is 15.0 Å². The molecule has 192 valence electrons. The Morgan fingerprint density at radius 2 is 1.94 bits per heavy atom. The van der Waals surface area contributed by atoms with E-state index in [4.69, 9.17) is 14.5 Å². The van der Waals surface area contributed by atoms with E-state index in [9.17, 15) is 22.8 Å². The summed E-state index contributed by atoms with van der Waals surface area (Å²) < 4.78 is 57.3. The number of aromatic nitrogens is 1. The van der Waals surface area contributed by atoms with Gasteiger partial charge in [0.25, 0.3) is 5.92 Å². The molecule has 36 heavy (non-hydrogen) atoms. The Kier molecular flexibility index (Phi) is 7.05. The van der Waals surface area contributed by atoms with E-state index >= 15 is 0 Å². The molecule has 3 heterocycles. The molecule has 4 rings (SSSR count). The van der Waals surface area contributed by atoms with Crippen LogP contribution in [0.3, 0.4) is 0 Å². The Balaban J connectivity index is 1.85. The third-order valence-electron chi connectivity index (χ3n) is 5.92. The van der Waals surface area contributed by atoms with Crippen molar-refractivity contribution in [3.63, 3.8) is 0 Å². The molecule has 1 fully saturated rings. The van der Waals surface area contributed by atoms with Crippen molar-refractivity contribution in [1.82, 2.24) is 15.2 Å². The lowest BCUT2D eigenvalue weighted by Gasteiger charge is -2.36. The van der Waals surface area contributed by atoms with Crippen LogP contribution in [0.15, 0.2) is 52.3 Å². The van der Waals surface area contributed by atoms with Crippen molar-refractivity contribution in [2.75, 3.05) is 27.3 Å². The lowest BCUT2D eigenvalue weighted by molar-refractivity contribution is -0.146. The van der Waals surface area contributed by atoms with Gasteiger partial charge >= 0.3 is 12.1 Å². The molecule has 0 aliphatic carbocycles. The number of hydrogen-bond acceptors (Lipinski definition) is 10. The normalized spacial score (nSPS) is 23.6. The molecule has 2 aliphatic heterocycles. The number of carbonyl (C=O) groups excluding carboxylic acids is 2. The molecular weight excluding hydrogens is 501 g/mol. The molecule has 0 saturated carbocycles. The Morgan fingerprint density at radius 3 is 2.56 bits per heavy atom. The monoisotopic (exact) mass is 524 g/mol. The van der Waals surface area contributed by atoms with Crippen molar-refractivity contribution in [1.29, 1.82) is 0 Å². The first kappa shape index (κ1) is 25.6. The van der Waals surface area contributed by atoms with Crippen LogP contribution >= 0.6 is 11.3 Å². The van der Waals surface area contributed by atoms with Gasteiger partial charge in [-0.2, -0.15) is 0 Å². The Bertz CT molecular complexity index is 1200. The van der Waals surface area contributed by atoms with Gasteiger partial charge in [-0.25, -0.2) is 27.9 Å². The molecule has 1 saturated heterocycles. The summed E-state index contributed by atoms with van der Waals surface area (Å²) >= 11 is 1.27. The van der Waals surface area contributed by atoms with Crippen molar-refractivity contribution < 1.29 is 37.0 Å². The fraction of sp³-hybridized carbons (Fsp3) is 0.391. The highest BCUT2D eigenvalue weighted by atomic mass is 32.1. The topological polar surface area (TPSA) is 102 Å². The SMILES string of the molecule is COC(=O)OC1=C(CN2CC(F)(F)C[C@H]2C(=O)OC)NC(c2nccs2)=N[C@@]1(C)c1ccc(F)cc1. The molecule has 1 aromatic carbocycles. The van der Waals surface area contributed by atoms with Crippen LogP contribution in [0.4, 0.5) is 18.0 Å². The van der Waals surface area contributed by atoms with Crippen molar-refractivity contribution in [3.05, 3.63) is 63.7 Å². The molecule has 0 amide bonds. The average Bonchev–Trinajstić information content (AvgIpc) is 3.48. The number of ether oxygens (including phenoxy) is 3. The van der Waals surface area contributed by atoms with Crippen LogP contribution in [0, 0.1) is 5.82 Å². The Morgan fingerprint density at radius 1 is 1.22 bits per heavy atom. The van der Waals surface area contributed by atoms with Gasteiger partial charge in [-0.05, 0) is 24.6 Å². The van der Waals surface area contributed by atoms with E-state index in [1.54, 1.807) is 18.5 Å². The molecule has 0 unspecified atom stereocenters. The summed E-state index contributed by atoms with van der Waals surface area (Å²) in [5, 5.41) is 5.25. The number of methoxy groups -OCH3 is 2. The van der Waals surface area contributed by atoms with Gasteiger partial charge in [0.15, 0.2) is 16.6 Å². The molecule has 2 aromatic rings. The maximum Gasteiger partial charge on any atom is 0.513 e. The fourth-order valence-electron chi connectivity index (χ4n) is 4.23. The highest BCUT2D eigenvalue weighted by Crippen LogP contribution is 2.40. The zero-order valence-electron chi connectivity index (χ0n) is 19.6. The van der Waals surface area contributed by atoms with Crippen molar-refractivity contribution >= 4 is 29.3 Å². The lowest BCUT2D eigenvalue weighted by Crippen LogP contribution is -2.46. The van der Waals surface area contributed by atoms with E-state index in [1.165, 1.54) is 40.5 Å². The lowest BCUT2D eigenvalue weighted by atomic mass is 9.88. The van der Waals surface area contributed by atoms with E-state index in [1.807, 2.05) is 0 Å². The van der Waals surface area contributed by atoms with E-state index in [-0.39, 0.29) is 23.8 Å². The average molecular weight is 525 g/mol. The summed E-state index contributed by atoms with van der Waals surface area (Å²) in [7, 11) is 2.24. The van der Waals surface area contributed by atoms with Crippen LogP contribution in [0.1, 0.15) is 23.9 Å². The smallest absolute Gasteiger partial charge is 0.468 e. The van der Waals surface area contributed by atoms with Crippen molar-refractivity contribution in [2.24, 2.45) is 4.99 Å². The molecule has 0 bridgehead atoms. The van der Waals surface area contributed by atoms with Crippen LogP contribution in [0.25, 0.3) is 0 Å². The number of amidine groups is 1. The summed E-state index contributed by atoms with van der Waals surface area (Å²) in [6.45, 7) is 0.659. The second-order valence-electron chi connectivity index (χ2n) is 8.37. The maximum absolute atomic E-state index is 14.4. The molecule has 0 spiro atoms. The number of halogens is 3. The van der Waals surface area contributed by atoms with Crippen LogP contribution in [0.5, 0.6) is 0 Å². The van der Waals surface area contributed by atoms with Gasteiger partial charge in [-0.3, -0.25) is 9.69 Å². The molecular formula is C23H23F3N4O5S. The molecule has 2 atom stereocenters. The summed E-state index contributed by atoms with van der Waals surface area (Å²) in [6, 6.07) is 4.18. The maximum atomic E-state index is 14.4. The number of hydrogen-bond donors (Lipinski definition) is 1. The number of alkyl halides is 2. The van der Waals surface area contributed by atoms with Gasteiger partial charge in [-0.15, -0.1) is 11.3 Å². The number of aliphatic imine (C=N–C) groups is 1. The number of esters is 1. The van der Waals surface area contributed by atoms with Gasteiger partial charge in [-0.1, -0.05) is 12.1 Å². The number of likely N-dealkylation sites (tertiary alicyclic amines) is 1. The van der Waals surface area contributed by atoms with Crippen LogP contribution in [-0.4, -0.2) is 67.1 Å². The van der Waals surface area contributed by atoms with Crippen LogP contribution < -0.4 is 5.32 Å². The number of rotatable bonds is 6. The van der Waals surface area contributed by atoms with Gasteiger partial charge < -0.3 is 19.5 Å². The van der Waals surface area contributed by atoms with Gasteiger partial charge in [0.1, 0.15) is 17.4 Å². The standard InChI is InChI=1S/C23H23F3N4O5S/c1-22(13-4-6-14(24)7-5-13)17(35-21(32)34-3)15(28-18(29-22)19-27-8-9-36-19)11-30-12-23(25,26)10-16(30)20(31)33-2/h4-9,16H,10-12H2,1-3H3,(H,28,29)/t16-,22-/m0/s1. The first-order chi connectivity index (χ1) is 17.1. The number of nitrogens with one attached hydrogen (secondary N) is 1. The molecule has 2 aliphatic rings. The summed E-state index contributed by atoms with van der Waals surface area (Å²) in [4.78, 5) is 34.8. The van der Waals surface area contributed by atoms with Crippen LogP contribution in [-0.2, 0) is 24.5 Å². The van der Waals surface area contributed by atoms with Crippen LogP contribution in [0.2, 0.25) is 0 Å². The number of benzene rings is 1. The predicted octanol–water partition coefficient (Wildman–Crippen LogP) is 3.42. The van der Waals surface area contributed by atoms with Crippen molar-refractivity contribution in [3.8, 4) is 0 Å². The van der Waals surface area contributed by atoms with Gasteiger partial charge in [0.2, 0.25) is 0 Å². The first-order valence-electron chi connectivity index (χ1n) is 10.8. The quantitative estimate of drug-likeness (QED) is 0.574. The number of thiazole rings is 1. The largest absolute Gasteiger partial charge is 0.513 e. The molecule has 9 nitrogen and oxygen atoms in total. The molecule has 13 heteroatoms. The number of nitrogens with zero attached hydrogens (tertiary/aromatic N) is 3. The first-order valence-corrected chi connectivity index (χ1v) is 11.7. The number of carbonyl (C=O) groups is 2. The summed E-state index contributed by atoms with van der Waals surface area (Å²) in [5.41, 5.74) is -0.780. The highest BCUT2D eigenvalue weighted by molar-refractivity contribution is 7.11. The Labute approximate surface area is 208 Å².